The van der Waals surface area contributed by atoms with Crippen LogP contribution in [0.4, 0.5) is 0 Å². The second-order valence-electron chi connectivity index (χ2n) is 5.33. The lowest BCUT2D eigenvalue weighted by Gasteiger charge is -2.48. The van der Waals surface area contributed by atoms with Crippen molar-refractivity contribution < 1.29 is 4.79 Å². The smallest absolute Gasteiger partial charge is 0.257 e. The lowest BCUT2D eigenvalue weighted by atomic mass is 9.91. The van der Waals surface area contributed by atoms with Gasteiger partial charge in [0.1, 0.15) is 0 Å². The highest BCUT2D eigenvalue weighted by Crippen LogP contribution is 2.23. The number of hydrogen-bond acceptors (Lipinski definition) is 4. The fraction of sp³-hybridized carbons (Fsp3) is 0.357. The van der Waals surface area contributed by atoms with Crippen molar-refractivity contribution >= 4 is 5.91 Å². The van der Waals surface area contributed by atoms with Gasteiger partial charge in [0.2, 0.25) is 0 Å². The molecule has 2 aromatic heterocycles. The molecule has 6 nitrogen and oxygen atoms in total. The van der Waals surface area contributed by atoms with Gasteiger partial charge in [-0.05, 0) is 24.6 Å². The van der Waals surface area contributed by atoms with E-state index in [2.05, 4.69) is 15.4 Å². The minimum Gasteiger partial charge on any atom is -0.335 e. The second kappa shape index (κ2) is 4.42. The molecule has 2 atom stereocenters. The van der Waals surface area contributed by atoms with E-state index >= 15 is 0 Å². The van der Waals surface area contributed by atoms with Gasteiger partial charge < -0.3 is 10.2 Å². The Morgan fingerprint density at radius 1 is 1.25 bits per heavy atom. The van der Waals surface area contributed by atoms with Crippen molar-refractivity contribution in [2.24, 2.45) is 0 Å². The fourth-order valence-electron chi connectivity index (χ4n) is 2.99. The molecule has 0 spiro atoms. The number of fused-ring (bicyclic) bond motifs is 2. The Hall–Kier alpha value is -2.21. The van der Waals surface area contributed by atoms with Gasteiger partial charge in [0.25, 0.3) is 5.91 Å². The van der Waals surface area contributed by atoms with E-state index in [-0.39, 0.29) is 5.91 Å². The molecule has 1 N–H and O–H groups in total. The highest BCUT2D eigenvalue weighted by Gasteiger charge is 2.39. The number of carbonyl (C=O) groups excluding carboxylic acids is 1. The predicted octanol–water partition coefficient (Wildman–Crippen LogP) is 0.454. The number of nitrogens with one attached hydrogen (secondary N) is 1. The average molecular weight is 269 g/mol. The van der Waals surface area contributed by atoms with Crippen LogP contribution in [0.3, 0.4) is 0 Å². The Bertz CT molecular complexity index is 623. The van der Waals surface area contributed by atoms with Crippen molar-refractivity contribution in [2.75, 3.05) is 13.1 Å². The van der Waals surface area contributed by atoms with Gasteiger partial charge in [-0.15, -0.1) is 0 Å². The first-order valence-corrected chi connectivity index (χ1v) is 6.81. The van der Waals surface area contributed by atoms with Crippen molar-refractivity contribution in [3.63, 3.8) is 0 Å². The number of piperidine rings is 1. The molecule has 1 amide bonds. The Labute approximate surface area is 116 Å². The highest BCUT2D eigenvalue weighted by atomic mass is 16.2. The molecule has 5 heterocycles. The summed E-state index contributed by atoms with van der Waals surface area (Å²) in [5.74, 6) is 0.634. The molecule has 3 aliphatic rings. The Balaban J connectivity index is 1.66. The van der Waals surface area contributed by atoms with E-state index in [1.807, 2.05) is 17.0 Å². The SMILES string of the molecule is O=C(c1cccnc1-n1cccn1)N1CC2CC(C1)N2. The maximum Gasteiger partial charge on any atom is 0.257 e. The third-order valence-electron chi connectivity index (χ3n) is 3.95. The molecule has 2 aromatic rings. The van der Waals surface area contributed by atoms with Crippen LogP contribution in [-0.2, 0) is 0 Å². The third-order valence-corrected chi connectivity index (χ3v) is 3.95. The number of carbonyl (C=O) groups is 1. The Morgan fingerprint density at radius 2 is 2.05 bits per heavy atom. The van der Waals surface area contributed by atoms with Crippen LogP contribution in [0, 0.1) is 0 Å². The average Bonchev–Trinajstić information content (AvgIpc) is 3.00. The highest BCUT2D eigenvalue weighted by molar-refractivity contribution is 5.97. The van der Waals surface area contributed by atoms with Gasteiger partial charge in [-0.3, -0.25) is 4.79 Å². The molecule has 0 radical (unpaired) electrons. The van der Waals surface area contributed by atoms with E-state index in [0.29, 0.717) is 23.5 Å². The summed E-state index contributed by atoms with van der Waals surface area (Å²) < 4.78 is 1.64. The molecule has 102 valence electrons. The number of piperazine rings is 1. The summed E-state index contributed by atoms with van der Waals surface area (Å²) in [6.45, 7) is 1.56. The van der Waals surface area contributed by atoms with Gasteiger partial charge in [-0.1, -0.05) is 0 Å². The lowest BCUT2D eigenvalue weighted by Crippen LogP contribution is -2.67. The molecule has 2 unspecified atom stereocenters. The van der Waals surface area contributed by atoms with E-state index in [1.54, 1.807) is 29.3 Å². The first-order chi connectivity index (χ1) is 9.81. The number of rotatable bonds is 2. The minimum absolute atomic E-state index is 0.0415. The monoisotopic (exact) mass is 269 g/mol. The van der Waals surface area contributed by atoms with Crippen LogP contribution in [0.25, 0.3) is 5.82 Å². The molecule has 3 saturated heterocycles. The molecule has 5 rings (SSSR count). The van der Waals surface area contributed by atoms with Crippen LogP contribution in [-0.4, -0.2) is 50.7 Å². The molecule has 0 aliphatic carbocycles. The summed E-state index contributed by atoms with van der Waals surface area (Å²) in [6, 6.07) is 6.36. The maximum atomic E-state index is 12.7. The summed E-state index contributed by atoms with van der Waals surface area (Å²) >= 11 is 0. The molecule has 6 heteroatoms. The first kappa shape index (κ1) is 11.6. The Morgan fingerprint density at radius 3 is 2.75 bits per heavy atom. The van der Waals surface area contributed by atoms with Gasteiger partial charge >= 0.3 is 0 Å². The summed E-state index contributed by atoms with van der Waals surface area (Å²) in [6.07, 6.45) is 6.35. The van der Waals surface area contributed by atoms with Crippen LogP contribution in [0.5, 0.6) is 0 Å². The Kier molecular flexibility index (Phi) is 2.56. The standard InChI is InChI=1S/C14H15N5O/c20-14(18-8-10-7-11(9-18)17-10)12-3-1-4-15-13(12)19-6-2-5-16-19/h1-6,10-11,17H,7-9H2. The predicted molar refractivity (Wildman–Crippen MR) is 72.6 cm³/mol. The van der Waals surface area contributed by atoms with Crippen LogP contribution in [0.2, 0.25) is 0 Å². The number of amides is 1. The normalized spacial score (nSPS) is 24.3. The molecule has 20 heavy (non-hydrogen) atoms. The van der Waals surface area contributed by atoms with Crippen LogP contribution in [0.15, 0.2) is 36.8 Å². The molecular formula is C14H15N5O. The summed E-state index contributed by atoms with van der Waals surface area (Å²) in [5, 5.41) is 7.60. The summed E-state index contributed by atoms with van der Waals surface area (Å²) in [4.78, 5) is 18.9. The molecule has 3 fully saturated rings. The molecule has 0 saturated carbocycles. The van der Waals surface area contributed by atoms with Crippen molar-refractivity contribution in [3.8, 4) is 5.82 Å². The van der Waals surface area contributed by atoms with E-state index in [4.69, 9.17) is 0 Å². The second-order valence-corrected chi connectivity index (χ2v) is 5.33. The minimum atomic E-state index is 0.0415. The molecule has 2 bridgehead atoms. The van der Waals surface area contributed by atoms with Gasteiger partial charge in [0.15, 0.2) is 5.82 Å². The van der Waals surface area contributed by atoms with Gasteiger partial charge in [0.05, 0.1) is 5.56 Å². The van der Waals surface area contributed by atoms with E-state index in [9.17, 15) is 4.79 Å². The molecule has 3 aliphatic heterocycles. The number of pyridine rings is 1. The quantitative estimate of drug-likeness (QED) is 0.860. The molecular weight excluding hydrogens is 254 g/mol. The zero-order valence-electron chi connectivity index (χ0n) is 10.9. The van der Waals surface area contributed by atoms with Crippen molar-refractivity contribution in [1.82, 2.24) is 25.0 Å². The molecule has 0 aromatic carbocycles. The van der Waals surface area contributed by atoms with Gasteiger partial charge in [-0.2, -0.15) is 5.10 Å². The van der Waals surface area contributed by atoms with Gasteiger partial charge in [0, 0.05) is 43.8 Å². The van der Waals surface area contributed by atoms with Crippen LogP contribution in [0.1, 0.15) is 16.8 Å². The third kappa shape index (κ3) is 1.80. The van der Waals surface area contributed by atoms with Crippen molar-refractivity contribution in [2.45, 2.75) is 18.5 Å². The van der Waals surface area contributed by atoms with Crippen molar-refractivity contribution in [1.29, 1.82) is 0 Å². The summed E-state index contributed by atoms with van der Waals surface area (Å²) in [7, 11) is 0. The number of hydrogen-bond donors (Lipinski definition) is 1. The number of nitrogens with zero attached hydrogens (tertiary/aromatic N) is 4. The lowest BCUT2D eigenvalue weighted by molar-refractivity contribution is 0.0473. The van der Waals surface area contributed by atoms with Crippen LogP contribution < -0.4 is 5.32 Å². The van der Waals surface area contributed by atoms with E-state index in [0.717, 1.165) is 13.1 Å². The van der Waals surface area contributed by atoms with Crippen LogP contribution >= 0.6 is 0 Å². The van der Waals surface area contributed by atoms with Crippen molar-refractivity contribution in [3.05, 3.63) is 42.4 Å². The first-order valence-electron chi connectivity index (χ1n) is 6.81. The maximum absolute atomic E-state index is 12.7. The fourth-order valence-corrected chi connectivity index (χ4v) is 2.99. The van der Waals surface area contributed by atoms with Gasteiger partial charge in [-0.25, -0.2) is 9.67 Å². The summed E-state index contributed by atoms with van der Waals surface area (Å²) in [5.41, 5.74) is 0.609. The zero-order valence-corrected chi connectivity index (χ0v) is 10.9. The van der Waals surface area contributed by atoms with E-state index < -0.39 is 0 Å². The largest absolute Gasteiger partial charge is 0.335 e. The van der Waals surface area contributed by atoms with E-state index in [1.165, 1.54) is 6.42 Å². The number of aromatic nitrogens is 3. The zero-order chi connectivity index (χ0) is 13.5. The topological polar surface area (TPSA) is 63.1 Å².